The fourth-order valence-electron chi connectivity index (χ4n) is 2.17. The van der Waals surface area contributed by atoms with Crippen LogP contribution >= 0.6 is 23.1 Å². The predicted molar refractivity (Wildman–Crippen MR) is 68.4 cm³/mol. The highest BCUT2D eigenvalue weighted by atomic mass is 35.5. The van der Waals surface area contributed by atoms with Gasteiger partial charge in [0.2, 0.25) is 0 Å². The van der Waals surface area contributed by atoms with Gasteiger partial charge in [0.25, 0.3) is 0 Å². The van der Waals surface area contributed by atoms with E-state index in [9.17, 15) is 0 Å². The molecular weight excluding hydrogens is 272 g/mol. The second-order valence-corrected chi connectivity index (χ2v) is 5.60. The van der Waals surface area contributed by atoms with Crippen LogP contribution in [0.5, 0.6) is 0 Å². The molecule has 0 fully saturated rings. The minimum atomic E-state index is 0.677. The largest absolute Gasteiger partial charge is 0.313 e. The molecule has 0 aliphatic carbocycles. The summed E-state index contributed by atoms with van der Waals surface area (Å²) in [5.41, 5.74) is 0.852. The molecule has 0 aromatic carbocycles. The van der Waals surface area contributed by atoms with Crippen molar-refractivity contribution in [1.29, 1.82) is 0 Å². The molecule has 0 amide bonds. The minimum absolute atomic E-state index is 0.677. The Labute approximate surface area is 114 Å². The molecular formula is C10H13ClN6S. The maximum atomic E-state index is 6.02. The van der Waals surface area contributed by atoms with Gasteiger partial charge in [-0.05, 0) is 0 Å². The Morgan fingerprint density at radius 1 is 1.28 bits per heavy atom. The molecule has 3 heterocycles. The van der Waals surface area contributed by atoms with Crippen LogP contribution in [0.4, 0.5) is 0 Å². The third kappa shape index (κ3) is 2.13. The summed E-state index contributed by atoms with van der Waals surface area (Å²) < 4.78 is 6.73. The summed E-state index contributed by atoms with van der Waals surface area (Å²) >= 11 is 7.25. The Hall–Kier alpha value is -1.05. The zero-order valence-corrected chi connectivity index (χ0v) is 11.6. The van der Waals surface area contributed by atoms with Crippen LogP contribution in [0, 0.1) is 0 Å². The van der Waals surface area contributed by atoms with E-state index in [4.69, 9.17) is 11.6 Å². The highest BCUT2D eigenvalue weighted by molar-refractivity contribution is 7.10. The molecule has 0 saturated carbocycles. The van der Waals surface area contributed by atoms with Crippen LogP contribution in [-0.2, 0) is 26.1 Å². The van der Waals surface area contributed by atoms with E-state index in [0.29, 0.717) is 4.34 Å². The van der Waals surface area contributed by atoms with Gasteiger partial charge in [0.1, 0.15) is 21.7 Å². The van der Waals surface area contributed by atoms with E-state index in [1.165, 1.54) is 11.5 Å². The fourth-order valence-corrected chi connectivity index (χ4v) is 2.78. The zero-order chi connectivity index (χ0) is 12.5. The zero-order valence-electron chi connectivity index (χ0n) is 10.0. The van der Waals surface area contributed by atoms with Crippen LogP contribution in [0.3, 0.4) is 0 Å². The molecule has 18 heavy (non-hydrogen) atoms. The molecule has 0 radical (unpaired) electrons. The first-order chi connectivity index (χ1) is 8.78. The molecule has 8 heteroatoms. The Bertz CT molecular complexity index is 550. The molecule has 96 valence electrons. The quantitative estimate of drug-likeness (QED) is 0.852. The van der Waals surface area contributed by atoms with Crippen LogP contribution in [0.15, 0.2) is 0 Å². The molecule has 0 N–H and O–H groups in total. The normalized spacial score (nSPS) is 15.9. The average Bonchev–Trinajstić information content (AvgIpc) is 2.96. The summed E-state index contributed by atoms with van der Waals surface area (Å²) in [6.45, 7) is 5.52. The monoisotopic (exact) mass is 284 g/mol. The maximum absolute atomic E-state index is 6.02. The molecule has 0 bridgehead atoms. The number of rotatable bonds is 3. The molecule has 2 aromatic rings. The van der Waals surface area contributed by atoms with Crippen LogP contribution in [-0.4, -0.2) is 35.8 Å². The number of hydrogen-bond acceptors (Lipinski definition) is 6. The Morgan fingerprint density at radius 3 is 2.89 bits per heavy atom. The third-order valence-electron chi connectivity index (χ3n) is 3.11. The van der Waals surface area contributed by atoms with Crippen molar-refractivity contribution in [1.82, 2.24) is 29.3 Å². The first kappa shape index (κ1) is 12.0. The van der Waals surface area contributed by atoms with Crippen molar-refractivity contribution < 1.29 is 0 Å². The van der Waals surface area contributed by atoms with Gasteiger partial charge in [-0.2, -0.15) is 0 Å². The van der Waals surface area contributed by atoms with Gasteiger partial charge in [0, 0.05) is 37.6 Å². The first-order valence-corrected chi connectivity index (χ1v) is 7.03. The number of nitrogens with zero attached hydrogens (tertiary/aromatic N) is 6. The van der Waals surface area contributed by atoms with E-state index < -0.39 is 0 Å². The van der Waals surface area contributed by atoms with Crippen molar-refractivity contribution in [2.24, 2.45) is 0 Å². The number of aromatic nitrogens is 5. The van der Waals surface area contributed by atoms with Gasteiger partial charge in [-0.3, -0.25) is 4.90 Å². The molecule has 0 saturated heterocycles. The van der Waals surface area contributed by atoms with Crippen LogP contribution in [0.2, 0.25) is 4.34 Å². The third-order valence-corrected chi connectivity index (χ3v) is 4.09. The lowest BCUT2D eigenvalue weighted by atomic mass is 10.3. The highest BCUT2D eigenvalue weighted by Crippen LogP contribution is 2.21. The first-order valence-electron chi connectivity index (χ1n) is 5.88. The molecule has 2 aromatic heterocycles. The van der Waals surface area contributed by atoms with E-state index in [1.807, 2.05) is 0 Å². The van der Waals surface area contributed by atoms with Crippen LogP contribution < -0.4 is 0 Å². The molecule has 1 aliphatic heterocycles. The van der Waals surface area contributed by atoms with Gasteiger partial charge in [-0.15, -0.1) is 15.3 Å². The van der Waals surface area contributed by atoms with Gasteiger partial charge in [-0.1, -0.05) is 23.0 Å². The second kappa shape index (κ2) is 4.91. The van der Waals surface area contributed by atoms with Gasteiger partial charge >= 0.3 is 0 Å². The van der Waals surface area contributed by atoms with Gasteiger partial charge < -0.3 is 4.57 Å². The molecule has 6 nitrogen and oxygen atoms in total. The van der Waals surface area contributed by atoms with Crippen molar-refractivity contribution in [3.05, 3.63) is 21.7 Å². The highest BCUT2D eigenvalue weighted by Gasteiger charge is 2.21. The van der Waals surface area contributed by atoms with Crippen molar-refractivity contribution in [2.45, 2.75) is 33.0 Å². The van der Waals surface area contributed by atoms with E-state index in [0.717, 1.165) is 49.9 Å². The van der Waals surface area contributed by atoms with E-state index in [2.05, 4.69) is 36.2 Å². The summed E-state index contributed by atoms with van der Waals surface area (Å²) in [5.74, 6) is 2.09. The average molecular weight is 285 g/mol. The SMILES string of the molecule is CCc1nnc2n1CCN(Cc1nnsc1Cl)C2. The standard InChI is InChI=1S/C10H13ClN6S/c1-2-8-13-14-9-6-16(3-4-17(8)9)5-7-10(11)18-15-12-7/h2-6H2,1H3. The lowest BCUT2D eigenvalue weighted by molar-refractivity contribution is 0.205. The summed E-state index contributed by atoms with van der Waals surface area (Å²) in [5, 5.41) is 12.5. The number of fused-ring (bicyclic) bond motifs is 1. The van der Waals surface area contributed by atoms with Crippen molar-refractivity contribution >= 4 is 23.1 Å². The summed E-state index contributed by atoms with van der Waals surface area (Å²) in [6, 6.07) is 0. The van der Waals surface area contributed by atoms with Crippen molar-refractivity contribution in [3.63, 3.8) is 0 Å². The van der Waals surface area contributed by atoms with Crippen molar-refractivity contribution in [2.75, 3.05) is 6.54 Å². The Kier molecular flexibility index (Phi) is 3.27. The number of halogens is 1. The summed E-state index contributed by atoms with van der Waals surface area (Å²) in [4.78, 5) is 2.27. The second-order valence-electron chi connectivity index (χ2n) is 4.24. The van der Waals surface area contributed by atoms with Gasteiger partial charge in [0.15, 0.2) is 0 Å². The smallest absolute Gasteiger partial charge is 0.147 e. The summed E-state index contributed by atoms with van der Waals surface area (Å²) in [7, 11) is 0. The predicted octanol–water partition coefficient (Wildman–Crippen LogP) is 1.36. The Morgan fingerprint density at radius 2 is 2.17 bits per heavy atom. The summed E-state index contributed by atoms with van der Waals surface area (Å²) in [6.07, 6.45) is 0.925. The number of hydrogen-bond donors (Lipinski definition) is 0. The van der Waals surface area contributed by atoms with Crippen LogP contribution in [0.25, 0.3) is 0 Å². The van der Waals surface area contributed by atoms with Gasteiger partial charge in [0.05, 0.1) is 6.54 Å². The van der Waals surface area contributed by atoms with Crippen LogP contribution in [0.1, 0.15) is 24.3 Å². The molecule has 1 aliphatic rings. The van der Waals surface area contributed by atoms with E-state index >= 15 is 0 Å². The molecule has 3 rings (SSSR count). The lowest BCUT2D eigenvalue weighted by Crippen LogP contribution is -2.34. The van der Waals surface area contributed by atoms with Crippen molar-refractivity contribution in [3.8, 4) is 0 Å². The molecule has 0 spiro atoms. The lowest BCUT2D eigenvalue weighted by Gasteiger charge is -2.26. The Balaban J connectivity index is 1.73. The number of aryl methyl sites for hydroxylation is 1. The van der Waals surface area contributed by atoms with E-state index in [1.54, 1.807) is 0 Å². The van der Waals surface area contributed by atoms with Gasteiger partial charge in [-0.25, -0.2) is 0 Å². The topological polar surface area (TPSA) is 59.7 Å². The maximum Gasteiger partial charge on any atom is 0.147 e. The fraction of sp³-hybridized carbons (Fsp3) is 0.600. The van der Waals surface area contributed by atoms with E-state index in [-0.39, 0.29) is 0 Å². The molecule has 0 unspecified atom stereocenters. The minimum Gasteiger partial charge on any atom is -0.313 e. The molecule has 0 atom stereocenters.